The molecule has 0 atom stereocenters. The molecule has 80 valence electrons. The lowest BCUT2D eigenvalue weighted by atomic mass is 10.2. The Hall–Kier alpha value is -1.77. The van der Waals surface area contributed by atoms with Gasteiger partial charge in [0.2, 0.25) is 5.91 Å². The van der Waals surface area contributed by atoms with Gasteiger partial charge in [0.05, 0.1) is 7.11 Å². The van der Waals surface area contributed by atoms with Crippen molar-refractivity contribution in [3.8, 4) is 5.75 Å². The highest BCUT2D eigenvalue weighted by atomic mass is 16.5. The number of ether oxygens (including phenoxy) is 1. The van der Waals surface area contributed by atoms with Crippen LogP contribution in [-0.2, 0) is 4.79 Å². The molecule has 0 bridgehead atoms. The summed E-state index contributed by atoms with van der Waals surface area (Å²) >= 11 is 0. The molecule has 0 heterocycles. The second-order valence-electron chi connectivity index (χ2n) is 3.08. The maximum atomic E-state index is 10.6. The number of hydrogen-bond donors (Lipinski definition) is 1. The largest absolute Gasteiger partial charge is 0.496 e. The lowest BCUT2D eigenvalue weighted by Gasteiger charge is -2.03. The molecule has 0 aromatic heterocycles. The van der Waals surface area contributed by atoms with E-state index in [0.29, 0.717) is 6.54 Å². The number of benzene rings is 1. The summed E-state index contributed by atoms with van der Waals surface area (Å²) < 4.78 is 5.18. The van der Waals surface area contributed by atoms with Gasteiger partial charge in [-0.1, -0.05) is 30.4 Å². The van der Waals surface area contributed by atoms with Crippen LogP contribution in [0.3, 0.4) is 0 Å². The molecule has 3 heteroatoms. The van der Waals surface area contributed by atoms with Crippen molar-refractivity contribution >= 4 is 12.0 Å². The lowest BCUT2D eigenvalue weighted by Crippen LogP contribution is -2.19. The van der Waals surface area contributed by atoms with Gasteiger partial charge < -0.3 is 10.1 Å². The average molecular weight is 205 g/mol. The van der Waals surface area contributed by atoms with Gasteiger partial charge in [0.15, 0.2) is 0 Å². The third-order valence-corrected chi connectivity index (χ3v) is 1.91. The second-order valence-corrected chi connectivity index (χ2v) is 3.08. The molecule has 1 aromatic carbocycles. The van der Waals surface area contributed by atoms with E-state index in [1.807, 2.05) is 36.4 Å². The molecule has 0 spiro atoms. The number of hydrogen-bond acceptors (Lipinski definition) is 2. The average Bonchev–Trinajstić information content (AvgIpc) is 2.24. The molecule has 1 aromatic rings. The lowest BCUT2D eigenvalue weighted by molar-refractivity contribution is -0.118. The number of carbonyl (C=O) groups is 1. The Morgan fingerprint density at radius 1 is 1.47 bits per heavy atom. The van der Waals surface area contributed by atoms with Crippen molar-refractivity contribution in [2.45, 2.75) is 6.92 Å². The predicted molar refractivity (Wildman–Crippen MR) is 60.7 cm³/mol. The van der Waals surface area contributed by atoms with Crippen LogP contribution in [0, 0.1) is 0 Å². The fourth-order valence-corrected chi connectivity index (χ4v) is 1.19. The van der Waals surface area contributed by atoms with Crippen LogP contribution in [0.5, 0.6) is 5.75 Å². The number of amides is 1. The van der Waals surface area contributed by atoms with Gasteiger partial charge in [-0.15, -0.1) is 0 Å². The fourth-order valence-electron chi connectivity index (χ4n) is 1.19. The second kappa shape index (κ2) is 5.86. The molecule has 0 aliphatic carbocycles. The van der Waals surface area contributed by atoms with Crippen molar-refractivity contribution in [2.24, 2.45) is 0 Å². The summed E-state index contributed by atoms with van der Waals surface area (Å²) in [5, 5.41) is 2.69. The highest BCUT2D eigenvalue weighted by Gasteiger charge is 1.95. The monoisotopic (exact) mass is 205 g/mol. The van der Waals surface area contributed by atoms with E-state index in [4.69, 9.17) is 4.74 Å². The standard InChI is InChI=1S/C12H15NO2/c1-10(14)13-9-5-7-11-6-3-4-8-12(11)15-2/h3-8H,9H2,1-2H3,(H,13,14). The van der Waals surface area contributed by atoms with Crippen LogP contribution in [0.1, 0.15) is 12.5 Å². The molecule has 1 amide bonds. The number of nitrogens with one attached hydrogen (secondary N) is 1. The first-order valence-electron chi connectivity index (χ1n) is 4.78. The van der Waals surface area contributed by atoms with E-state index in [1.54, 1.807) is 7.11 Å². The van der Waals surface area contributed by atoms with E-state index >= 15 is 0 Å². The van der Waals surface area contributed by atoms with Gasteiger partial charge in [-0.2, -0.15) is 0 Å². The van der Waals surface area contributed by atoms with Gasteiger partial charge in [0.25, 0.3) is 0 Å². The minimum Gasteiger partial charge on any atom is -0.496 e. The van der Waals surface area contributed by atoms with Gasteiger partial charge in [0.1, 0.15) is 5.75 Å². The summed E-state index contributed by atoms with van der Waals surface area (Å²) in [6.45, 7) is 2.03. The Labute approximate surface area is 89.8 Å². The molecule has 0 radical (unpaired) electrons. The summed E-state index contributed by atoms with van der Waals surface area (Å²) in [7, 11) is 1.64. The van der Waals surface area contributed by atoms with E-state index in [0.717, 1.165) is 11.3 Å². The maximum Gasteiger partial charge on any atom is 0.217 e. The summed E-state index contributed by atoms with van der Waals surface area (Å²) in [6, 6.07) is 7.73. The minimum absolute atomic E-state index is 0.0281. The van der Waals surface area contributed by atoms with Gasteiger partial charge >= 0.3 is 0 Å². The first-order chi connectivity index (χ1) is 7.24. The Morgan fingerprint density at radius 2 is 2.20 bits per heavy atom. The minimum atomic E-state index is -0.0281. The third kappa shape index (κ3) is 3.85. The highest BCUT2D eigenvalue weighted by molar-refractivity contribution is 5.73. The smallest absolute Gasteiger partial charge is 0.217 e. The van der Waals surface area contributed by atoms with Gasteiger partial charge in [-0.25, -0.2) is 0 Å². The Balaban J connectivity index is 2.59. The normalized spacial score (nSPS) is 10.3. The molecule has 0 saturated carbocycles. The molecule has 15 heavy (non-hydrogen) atoms. The molecule has 1 rings (SSSR count). The van der Waals surface area contributed by atoms with Crippen molar-refractivity contribution in [3.05, 3.63) is 35.9 Å². The van der Waals surface area contributed by atoms with Crippen LogP contribution in [-0.4, -0.2) is 19.6 Å². The summed E-state index contributed by atoms with van der Waals surface area (Å²) in [4.78, 5) is 10.6. The van der Waals surface area contributed by atoms with Crippen molar-refractivity contribution in [1.29, 1.82) is 0 Å². The number of para-hydroxylation sites is 1. The molecule has 1 N–H and O–H groups in total. The zero-order valence-electron chi connectivity index (χ0n) is 8.99. The van der Waals surface area contributed by atoms with Gasteiger partial charge in [-0.3, -0.25) is 4.79 Å². The third-order valence-electron chi connectivity index (χ3n) is 1.91. The molecule has 0 unspecified atom stereocenters. The molecule has 0 aliphatic heterocycles. The van der Waals surface area contributed by atoms with E-state index in [2.05, 4.69) is 5.32 Å². The van der Waals surface area contributed by atoms with Crippen molar-refractivity contribution in [2.75, 3.05) is 13.7 Å². The summed E-state index contributed by atoms with van der Waals surface area (Å²) in [6.07, 6.45) is 3.81. The predicted octanol–water partition coefficient (Wildman–Crippen LogP) is 1.84. The fraction of sp³-hybridized carbons (Fsp3) is 0.250. The first kappa shape index (κ1) is 11.3. The molecule has 0 aliphatic rings. The molecular weight excluding hydrogens is 190 g/mol. The van der Waals surface area contributed by atoms with Crippen LogP contribution in [0.25, 0.3) is 6.08 Å². The van der Waals surface area contributed by atoms with Gasteiger partial charge in [0, 0.05) is 19.0 Å². The van der Waals surface area contributed by atoms with Gasteiger partial charge in [-0.05, 0) is 6.07 Å². The van der Waals surface area contributed by atoms with Crippen molar-refractivity contribution in [1.82, 2.24) is 5.32 Å². The van der Waals surface area contributed by atoms with Crippen LogP contribution in [0.15, 0.2) is 30.3 Å². The number of methoxy groups -OCH3 is 1. The Morgan fingerprint density at radius 3 is 2.87 bits per heavy atom. The zero-order chi connectivity index (χ0) is 11.1. The van der Waals surface area contributed by atoms with Crippen molar-refractivity contribution < 1.29 is 9.53 Å². The van der Waals surface area contributed by atoms with E-state index < -0.39 is 0 Å². The van der Waals surface area contributed by atoms with E-state index in [1.165, 1.54) is 6.92 Å². The quantitative estimate of drug-likeness (QED) is 0.814. The first-order valence-corrected chi connectivity index (χ1v) is 4.78. The van der Waals surface area contributed by atoms with E-state index in [-0.39, 0.29) is 5.91 Å². The summed E-state index contributed by atoms with van der Waals surface area (Å²) in [5.41, 5.74) is 1.00. The highest BCUT2D eigenvalue weighted by Crippen LogP contribution is 2.18. The zero-order valence-corrected chi connectivity index (χ0v) is 8.99. The molecular formula is C12H15NO2. The Bertz CT molecular complexity index is 358. The molecule has 3 nitrogen and oxygen atoms in total. The molecule has 0 saturated heterocycles. The van der Waals surface area contributed by atoms with E-state index in [9.17, 15) is 4.79 Å². The maximum absolute atomic E-state index is 10.6. The topological polar surface area (TPSA) is 38.3 Å². The molecule has 0 fully saturated rings. The Kier molecular flexibility index (Phi) is 4.41. The number of carbonyl (C=O) groups excluding carboxylic acids is 1. The number of rotatable bonds is 4. The SMILES string of the molecule is COc1ccccc1C=CCNC(C)=O. The van der Waals surface area contributed by atoms with Crippen LogP contribution in [0.2, 0.25) is 0 Å². The van der Waals surface area contributed by atoms with Crippen LogP contribution >= 0.6 is 0 Å². The van der Waals surface area contributed by atoms with Crippen LogP contribution < -0.4 is 10.1 Å². The summed E-state index contributed by atoms with van der Waals surface area (Å²) in [5.74, 6) is 0.802. The van der Waals surface area contributed by atoms with Crippen molar-refractivity contribution in [3.63, 3.8) is 0 Å². The van der Waals surface area contributed by atoms with Crippen LogP contribution in [0.4, 0.5) is 0 Å².